The van der Waals surface area contributed by atoms with Crippen LogP contribution in [-0.4, -0.2) is 38.6 Å². The fourth-order valence-corrected chi connectivity index (χ4v) is 4.10. The van der Waals surface area contributed by atoms with Crippen LogP contribution in [0.1, 0.15) is 10.4 Å². The summed E-state index contributed by atoms with van der Waals surface area (Å²) in [4.78, 5) is 16.6. The number of quaternary nitrogens is 2. The van der Waals surface area contributed by atoms with E-state index in [1.54, 1.807) is 4.90 Å². The van der Waals surface area contributed by atoms with E-state index in [9.17, 15) is 4.79 Å². The molecule has 128 valence electrons. The summed E-state index contributed by atoms with van der Waals surface area (Å²) < 4.78 is 0. The molecule has 3 N–H and O–H groups in total. The van der Waals surface area contributed by atoms with Crippen LogP contribution in [0.25, 0.3) is 0 Å². The molecule has 2 heterocycles. The Bertz CT molecular complexity index is 654. The van der Waals surface area contributed by atoms with Crippen molar-refractivity contribution in [3.63, 3.8) is 0 Å². The molecule has 0 radical (unpaired) electrons. The van der Waals surface area contributed by atoms with Gasteiger partial charge in [0.15, 0.2) is 6.54 Å². The molecule has 1 aromatic carbocycles. The first-order valence-electron chi connectivity index (χ1n) is 8.40. The largest absolute Gasteiger partial charge is 0.347 e. The number of hydrogen-bond donors (Lipinski definition) is 3. The summed E-state index contributed by atoms with van der Waals surface area (Å²) >= 11 is 7.79. The van der Waals surface area contributed by atoms with Gasteiger partial charge in [-0.1, -0.05) is 29.8 Å². The van der Waals surface area contributed by atoms with Crippen molar-refractivity contribution >= 4 is 28.8 Å². The summed E-state index contributed by atoms with van der Waals surface area (Å²) in [7, 11) is 0. The van der Waals surface area contributed by atoms with Gasteiger partial charge in [0, 0.05) is 11.6 Å². The van der Waals surface area contributed by atoms with Crippen LogP contribution in [0.5, 0.6) is 0 Å². The lowest BCUT2D eigenvalue weighted by Gasteiger charge is -2.29. The Kier molecular flexibility index (Phi) is 6.26. The summed E-state index contributed by atoms with van der Waals surface area (Å²) in [5.74, 6) is 0.117. The number of amides is 1. The molecule has 0 unspecified atom stereocenters. The molecule has 1 aromatic heterocycles. The highest BCUT2D eigenvalue weighted by atomic mass is 35.5. The van der Waals surface area contributed by atoms with Crippen molar-refractivity contribution in [1.29, 1.82) is 0 Å². The van der Waals surface area contributed by atoms with E-state index >= 15 is 0 Å². The van der Waals surface area contributed by atoms with Gasteiger partial charge in [-0.15, -0.1) is 11.3 Å². The Labute approximate surface area is 152 Å². The molecular weight excluding hydrogens is 342 g/mol. The minimum atomic E-state index is 0.117. The maximum absolute atomic E-state index is 12.1. The first-order valence-corrected chi connectivity index (χ1v) is 9.65. The number of halogens is 1. The third kappa shape index (κ3) is 5.31. The van der Waals surface area contributed by atoms with Gasteiger partial charge in [0.2, 0.25) is 0 Å². The fourth-order valence-electron chi connectivity index (χ4n) is 3.11. The lowest BCUT2D eigenvalue weighted by molar-refractivity contribution is -1.01. The summed E-state index contributed by atoms with van der Waals surface area (Å²) in [6.07, 6.45) is 0. The van der Waals surface area contributed by atoms with Gasteiger partial charge >= 0.3 is 0 Å². The standard InChI is InChI=1S/C18H22ClN3OS/c19-16-4-1-3-15(11-16)12-20-18(23)14-22-8-6-21(7-9-22)13-17-5-2-10-24-17/h1-5,10-11H,6-9,12-14H2,(H,20,23)/p+2. The zero-order valence-corrected chi connectivity index (χ0v) is 15.3. The van der Waals surface area contributed by atoms with Gasteiger partial charge in [0.25, 0.3) is 5.91 Å². The monoisotopic (exact) mass is 365 g/mol. The normalized spacial score (nSPS) is 20.7. The number of rotatable bonds is 6. The first kappa shape index (κ1) is 17.4. The highest BCUT2D eigenvalue weighted by Crippen LogP contribution is 2.10. The molecule has 1 amide bonds. The minimum absolute atomic E-state index is 0.117. The Morgan fingerprint density at radius 3 is 2.62 bits per heavy atom. The van der Waals surface area contributed by atoms with Gasteiger partial charge in [0.1, 0.15) is 32.7 Å². The molecule has 1 saturated heterocycles. The number of hydrogen-bond acceptors (Lipinski definition) is 2. The molecule has 3 rings (SSSR count). The number of carbonyl (C=O) groups excluding carboxylic acids is 1. The smallest absolute Gasteiger partial charge is 0.275 e. The van der Waals surface area contributed by atoms with Gasteiger partial charge in [-0.05, 0) is 29.1 Å². The van der Waals surface area contributed by atoms with Gasteiger partial charge < -0.3 is 15.1 Å². The van der Waals surface area contributed by atoms with Crippen molar-refractivity contribution in [2.24, 2.45) is 0 Å². The maximum Gasteiger partial charge on any atom is 0.275 e. The van der Waals surface area contributed by atoms with Crippen LogP contribution >= 0.6 is 22.9 Å². The van der Waals surface area contributed by atoms with Gasteiger partial charge in [-0.3, -0.25) is 4.79 Å². The predicted molar refractivity (Wildman–Crippen MR) is 97.6 cm³/mol. The second-order valence-corrected chi connectivity index (χ2v) is 7.81. The quantitative estimate of drug-likeness (QED) is 0.662. The Morgan fingerprint density at radius 1 is 1.12 bits per heavy atom. The fraction of sp³-hybridized carbons (Fsp3) is 0.389. The summed E-state index contributed by atoms with van der Waals surface area (Å²) in [5.41, 5.74) is 1.04. The van der Waals surface area contributed by atoms with Crippen LogP contribution in [0.15, 0.2) is 41.8 Å². The third-order valence-corrected chi connectivity index (χ3v) is 5.57. The van der Waals surface area contributed by atoms with Gasteiger partial charge in [-0.25, -0.2) is 0 Å². The Morgan fingerprint density at radius 2 is 1.92 bits per heavy atom. The number of piperazine rings is 1. The summed E-state index contributed by atoms with van der Waals surface area (Å²) in [5, 5.41) is 5.84. The van der Waals surface area contributed by atoms with E-state index in [4.69, 9.17) is 11.6 Å². The Hall–Kier alpha value is -1.40. The van der Waals surface area contributed by atoms with Crippen molar-refractivity contribution in [1.82, 2.24) is 5.32 Å². The van der Waals surface area contributed by atoms with E-state index in [0.29, 0.717) is 18.1 Å². The molecule has 2 aromatic rings. The number of benzene rings is 1. The predicted octanol–water partition coefficient (Wildman–Crippen LogP) is 0.00130. The SMILES string of the molecule is O=C(C[NH+]1CC[NH+](Cc2cccs2)CC1)NCc1cccc(Cl)c1. The van der Waals surface area contributed by atoms with Crippen LogP contribution in [0.4, 0.5) is 0 Å². The molecule has 0 spiro atoms. The molecule has 0 atom stereocenters. The molecule has 0 aliphatic carbocycles. The topological polar surface area (TPSA) is 38.0 Å². The Balaban J connectivity index is 1.37. The van der Waals surface area contributed by atoms with Crippen molar-refractivity contribution in [2.45, 2.75) is 13.1 Å². The first-order chi connectivity index (χ1) is 11.7. The van der Waals surface area contributed by atoms with E-state index < -0.39 is 0 Å². The average molecular weight is 366 g/mol. The zero-order valence-electron chi connectivity index (χ0n) is 13.7. The molecular formula is C18H24ClN3OS+2. The molecule has 1 aliphatic rings. The van der Waals surface area contributed by atoms with Crippen LogP contribution in [0.2, 0.25) is 5.02 Å². The summed E-state index contributed by atoms with van der Waals surface area (Å²) in [6, 6.07) is 11.9. The summed E-state index contributed by atoms with van der Waals surface area (Å²) in [6.45, 7) is 6.61. The second-order valence-electron chi connectivity index (χ2n) is 6.34. The minimum Gasteiger partial charge on any atom is -0.347 e. The highest BCUT2D eigenvalue weighted by molar-refractivity contribution is 7.09. The van der Waals surface area contributed by atoms with Crippen molar-refractivity contribution < 1.29 is 14.6 Å². The van der Waals surface area contributed by atoms with Crippen LogP contribution in [0, 0.1) is 0 Å². The number of nitrogens with one attached hydrogen (secondary N) is 3. The van der Waals surface area contributed by atoms with Gasteiger partial charge in [-0.2, -0.15) is 0 Å². The van der Waals surface area contributed by atoms with Crippen molar-refractivity contribution in [2.75, 3.05) is 32.7 Å². The van der Waals surface area contributed by atoms with Crippen LogP contribution in [0.3, 0.4) is 0 Å². The number of thiophene rings is 1. The highest BCUT2D eigenvalue weighted by Gasteiger charge is 2.24. The van der Waals surface area contributed by atoms with Crippen LogP contribution in [-0.2, 0) is 17.9 Å². The molecule has 4 nitrogen and oxygen atoms in total. The van der Waals surface area contributed by atoms with Crippen LogP contribution < -0.4 is 15.1 Å². The third-order valence-electron chi connectivity index (χ3n) is 4.46. The zero-order chi connectivity index (χ0) is 16.8. The molecule has 6 heteroatoms. The lowest BCUT2D eigenvalue weighted by atomic mass is 10.2. The van der Waals surface area contributed by atoms with E-state index in [0.717, 1.165) is 38.3 Å². The van der Waals surface area contributed by atoms with E-state index in [2.05, 4.69) is 22.8 Å². The molecule has 1 fully saturated rings. The maximum atomic E-state index is 12.1. The molecule has 0 saturated carbocycles. The lowest BCUT2D eigenvalue weighted by Crippen LogP contribution is -3.28. The second kappa shape index (κ2) is 8.62. The average Bonchev–Trinajstić information content (AvgIpc) is 3.08. The number of carbonyl (C=O) groups is 1. The molecule has 1 aliphatic heterocycles. The van der Waals surface area contributed by atoms with Crippen molar-refractivity contribution in [3.8, 4) is 0 Å². The molecule has 0 bridgehead atoms. The molecule has 24 heavy (non-hydrogen) atoms. The van der Waals surface area contributed by atoms with E-state index in [1.165, 1.54) is 9.78 Å². The van der Waals surface area contributed by atoms with E-state index in [-0.39, 0.29) is 5.91 Å². The van der Waals surface area contributed by atoms with Gasteiger partial charge in [0.05, 0.1) is 4.88 Å². The van der Waals surface area contributed by atoms with E-state index in [1.807, 2.05) is 35.6 Å². The van der Waals surface area contributed by atoms with Crippen molar-refractivity contribution in [3.05, 3.63) is 57.2 Å².